The highest BCUT2D eigenvalue weighted by atomic mass is 16.3. The van der Waals surface area contributed by atoms with E-state index in [1.165, 1.54) is 0 Å². The van der Waals surface area contributed by atoms with Gasteiger partial charge in [0.25, 0.3) is 0 Å². The quantitative estimate of drug-likeness (QED) is 0.810. The molecule has 0 spiro atoms. The summed E-state index contributed by atoms with van der Waals surface area (Å²) in [7, 11) is 0. The van der Waals surface area contributed by atoms with E-state index in [2.05, 4.69) is 5.32 Å². The van der Waals surface area contributed by atoms with Crippen LogP contribution in [0.3, 0.4) is 0 Å². The maximum atomic E-state index is 12.1. The van der Waals surface area contributed by atoms with E-state index in [0.29, 0.717) is 18.8 Å². The molecule has 1 aliphatic rings. The number of anilines is 1. The third kappa shape index (κ3) is 3.61. The SMILES string of the molecule is Cc1cccc(NC(=O)C(=O)N2CCC(CO)CC2)c1C. The second-order valence-electron chi connectivity index (χ2n) is 5.62. The van der Waals surface area contributed by atoms with E-state index in [4.69, 9.17) is 5.11 Å². The topological polar surface area (TPSA) is 69.6 Å². The zero-order valence-electron chi connectivity index (χ0n) is 12.6. The zero-order valence-corrected chi connectivity index (χ0v) is 12.6. The minimum atomic E-state index is -0.592. The van der Waals surface area contributed by atoms with E-state index in [-0.39, 0.29) is 12.5 Å². The van der Waals surface area contributed by atoms with E-state index in [9.17, 15) is 9.59 Å². The molecule has 1 saturated heterocycles. The molecule has 1 aromatic carbocycles. The molecule has 1 aliphatic heterocycles. The Hall–Kier alpha value is -1.88. The van der Waals surface area contributed by atoms with Gasteiger partial charge < -0.3 is 15.3 Å². The molecule has 5 heteroatoms. The first-order chi connectivity index (χ1) is 10.0. The molecule has 1 heterocycles. The summed E-state index contributed by atoms with van der Waals surface area (Å²) in [5.41, 5.74) is 2.72. The Bertz CT molecular complexity index is 534. The number of carbonyl (C=O) groups excluding carboxylic acids is 2. The fraction of sp³-hybridized carbons (Fsp3) is 0.500. The first-order valence-electron chi connectivity index (χ1n) is 7.30. The van der Waals surface area contributed by atoms with Crippen LogP contribution in [0.2, 0.25) is 0 Å². The molecular weight excluding hydrogens is 268 g/mol. The first kappa shape index (κ1) is 15.5. The Labute approximate surface area is 125 Å². The third-order valence-electron chi connectivity index (χ3n) is 4.21. The lowest BCUT2D eigenvalue weighted by Gasteiger charge is -2.30. The van der Waals surface area contributed by atoms with Crippen LogP contribution in [0.4, 0.5) is 5.69 Å². The van der Waals surface area contributed by atoms with E-state index < -0.39 is 11.8 Å². The smallest absolute Gasteiger partial charge is 0.313 e. The summed E-state index contributed by atoms with van der Waals surface area (Å²) in [6.45, 7) is 5.10. The number of amides is 2. The van der Waals surface area contributed by atoms with Gasteiger partial charge in [0.15, 0.2) is 0 Å². The molecular formula is C16H22N2O3. The fourth-order valence-corrected chi connectivity index (χ4v) is 2.52. The van der Waals surface area contributed by atoms with Crippen LogP contribution in [0.25, 0.3) is 0 Å². The Morgan fingerprint density at radius 2 is 1.95 bits per heavy atom. The number of carbonyl (C=O) groups is 2. The molecule has 0 bridgehead atoms. The summed E-state index contributed by atoms with van der Waals surface area (Å²) in [6.07, 6.45) is 1.50. The Morgan fingerprint density at radius 3 is 2.57 bits per heavy atom. The number of rotatable bonds is 2. The molecule has 0 aliphatic carbocycles. The van der Waals surface area contributed by atoms with Crippen molar-refractivity contribution in [1.29, 1.82) is 0 Å². The second kappa shape index (κ2) is 6.72. The van der Waals surface area contributed by atoms with Crippen LogP contribution in [-0.4, -0.2) is 41.5 Å². The van der Waals surface area contributed by atoms with Crippen molar-refractivity contribution in [3.8, 4) is 0 Å². The molecule has 0 radical (unpaired) electrons. The normalized spacial score (nSPS) is 15.9. The average Bonchev–Trinajstić information content (AvgIpc) is 2.51. The van der Waals surface area contributed by atoms with Gasteiger partial charge in [-0.15, -0.1) is 0 Å². The lowest BCUT2D eigenvalue weighted by Crippen LogP contribution is -2.44. The van der Waals surface area contributed by atoms with Gasteiger partial charge in [-0.3, -0.25) is 9.59 Å². The van der Waals surface area contributed by atoms with E-state index in [0.717, 1.165) is 24.0 Å². The first-order valence-corrected chi connectivity index (χ1v) is 7.30. The number of aliphatic hydroxyl groups excluding tert-OH is 1. The van der Waals surface area contributed by atoms with Crippen molar-refractivity contribution in [2.45, 2.75) is 26.7 Å². The Morgan fingerprint density at radius 1 is 1.29 bits per heavy atom. The molecule has 2 amide bonds. The summed E-state index contributed by atoms with van der Waals surface area (Å²) in [6, 6.07) is 5.62. The summed E-state index contributed by atoms with van der Waals surface area (Å²) in [5.74, 6) is -0.838. The van der Waals surface area contributed by atoms with Gasteiger partial charge in [0.05, 0.1) is 0 Å². The molecule has 0 unspecified atom stereocenters. The fourth-order valence-electron chi connectivity index (χ4n) is 2.52. The molecule has 114 valence electrons. The van der Waals surface area contributed by atoms with Crippen LogP contribution in [0, 0.1) is 19.8 Å². The number of piperidine rings is 1. The second-order valence-corrected chi connectivity index (χ2v) is 5.62. The van der Waals surface area contributed by atoms with E-state index >= 15 is 0 Å². The standard InChI is InChI=1S/C16H22N2O3/c1-11-4-3-5-14(12(11)2)17-15(20)16(21)18-8-6-13(10-19)7-9-18/h3-5,13,19H,6-10H2,1-2H3,(H,17,20). The minimum absolute atomic E-state index is 0.150. The number of nitrogens with one attached hydrogen (secondary N) is 1. The van der Waals surface area contributed by atoms with Gasteiger partial charge >= 0.3 is 11.8 Å². The summed E-state index contributed by atoms with van der Waals surface area (Å²) in [5, 5.41) is 11.8. The largest absolute Gasteiger partial charge is 0.396 e. The molecule has 5 nitrogen and oxygen atoms in total. The number of nitrogens with zero attached hydrogens (tertiary/aromatic N) is 1. The maximum absolute atomic E-state index is 12.1. The molecule has 2 rings (SSSR count). The molecule has 0 saturated carbocycles. The highest BCUT2D eigenvalue weighted by Gasteiger charge is 2.26. The van der Waals surface area contributed by atoms with Crippen LogP contribution in [0.5, 0.6) is 0 Å². The monoisotopic (exact) mass is 290 g/mol. The van der Waals surface area contributed by atoms with Gasteiger partial charge in [-0.05, 0) is 49.8 Å². The van der Waals surface area contributed by atoms with Gasteiger partial charge in [0.1, 0.15) is 0 Å². The average molecular weight is 290 g/mol. The maximum Gasteiger partial charge on any atom is 0.313 e. The number of aliphatic hydroxyl groups is 1. The van der Waals surface area contributed by atoms with Crippen molar-refractivity contribution in [3.05, 3.63) is 29.3 Å². The van der Waals surface area contributed by atoms with Gasteiger partial charge in [0, 0.05) is 25.4 Å². The van der Waals surface area contributed by atoms with Crippen molar-refractivity contribution in [2.75, 3.05) is 25.0 Å². The molecule has 1 aromatic rings. The van der Waals surface area contributed by atoms with Crippen molar-refractivity contribution in [3.63, 3.8) is 0 Å². The Kier molecular flexibility index (Phi) is 4.96. The predicted octanol–water partition coefficient (Wildman–Crippen LogP) is 1.47. The molecule has 0 atom stereocenters. The van der Waals surface area contributed by atoms with Crippen LogP contribution in [0.1, 0.15) is 24.0 Å². The number of hydrogen-bond donors (Lipinski definition) is 2. The number of benzene rings is 1. The predicted molar refractivity (Wildman–Crippen MR) is 80.9 cm³/mol. The van der Waals surface area contributed by atoms with Crippen LogP contribution < -0.4 is 5.32 Å². The van der Waals surface area contributed by atoms with Gasteiger partial charge in [-0.1, -0.05) is 12.1 Å². The third-order valence-corrected chi connectivity index (χ3v) is 4.21. The van der Waals surface area contributed by atoms with Crippen molar-refractivity contribution in [2.24, 2.45) is 5.92 Å². The lowest BCUT2D eigenvalue weighted by molar-refractivity contribution is -0.144. The van der Waals surface area contributed by atoms with Gasteiger partial charge in [0.2, 0.25) is 0 Å². The summed E-state index contributed by atoms with van der Waals surface area (Å²) < 4.78 is 0. The Balaban J connectivity index is 1.97. The lowest BCUT2D eigenvalue weighted by atomic mass is 9.98. The molecule has 2 N–H and O–H groups in total. The number of hydrogen-bond acceptors (Lipinski definition) is 3. The highest BCUT2D eigenvalue weighted by Crippen LogP contribution is 2.19. The molecule has 0 aromatic heterocycles. The highest BCUT2D eigenvalue weighted by molar-refractivity contribution is 6.39. The molecule has 21 heavy (non-hydrogen) atoms. The van der Waals surface area contributed by atoms with Gasteiger partial charge in [-0.25, -0.2) is 0 Å². The summed E-state index contributed by atoms with van der Waals surface area (Å²) >= 11 is 0. The van der Waals surface area contributed by atoms with E-state index in [1.807, 2.05) is 26.0 Å². The van der Waals surface area contributed by atoms with Crippen molar-refractivity contribution >= 4 is 17.5 Å². The summed E-state index contributed by atoms with van der Waals surface area (Å²) in [4.78, 5) is 25.8. The molecule has 1 fully saturated rings. The van der Waals surface area contributed by atoms with Crippen LogP contribution in [0.15, 0.2) is 18.2 Å². The van der Waals surface area contributed by atoms with Crippen LogP contribution in [-0.2, 0) is 9.59 Å². The van der Waals surface area contributed by atoms with E-state index in [1.54, 1.807) is 11.0 Å². The number of likely N-dealkylation sites (tertiary alicyclic amines) is 1. The van der Waals surface area contributed by atoms with Crippen molar-refractivity contribution < 1.29 is 14.7 Å². The minimum Gasteiger partial charge on any atom is -0.396 e. The number of aryl methyl sites for hydroxylation is 1. The van der Waals surface area contributed by atoms with Crippen molar-refractivity contribution in [1.82, 2.24) is 4.90 Å². The van der Waals surface area contributed by atoms with Gasteiger partial charge in [-0.2, -0.15) is 0 Å². The zero-order chi connectivity index (χ0) is 15.4. The van der Waals surface area contributed by atoms with Crippen LogP contribution >= 0.6 is 0 Å².